The minimum absolute atomic E-state index is 0.000464. The van der Waals surface area contributed by atoms with Gasteiger partial charge in [0.25, 0.3) is 0 Å². The number of thiol groups is 1. The third-order valence-corrected chi connectivity index (χ3v) is 2.67. The lowest BCUT2D eigenvalue weighted by Gasteiger charge is -1.96. The molecule has 0 rings (SSSR count). The van der Waals surface area contributed by atoms with Crippen LogP contribution in [0.5, 0.6) is 0 Å². The Labute approximate surface area is 58.7 Å². The molecule has 0 amide bonds. The normalized spacial score (nSPS) is 11.2. The highest BCUT2D eigenvalue weighted by Crippen LogP contribution is 1.90. The van der Waals surface area contributed by atoms with E-state index in [9.17, 15) is 0 Å². The Balaban J connectivity index is 2.53. The van der Waals surface area contributed by atoms with Gasteiger partial charge in [0.1, 0.15) is 0 Å². The Morgan fingerprint density at radius 2 is 2.38 bits per heavy atom. The summed E-state index contributed by atoms with van der Waals surface area (Å²) in [6.45, 7) is 3.82. The minimum Gasteiger partial charge on any atom is -0.382 e. The van der Waals surface area contributed by atoms with Crippen LogP contribution < -0.4 is 0 Å². The zero-order valence-corrected chi connectivity index (χ0v) is 7.70. The zero-order valence-electron chi connectivity index (χ0n) is 5.39. The Morgan fingerprint density at radius 3 is 2.88 bits per heavy atom. The minimum atomic E-state index is 0.000464. The van der Waals surface area contributed by atoms with Crippen molar-refractivity contribution in [2.24, 2.45) is 0 Å². The summed E-state index contributed by atoms with van der Waals surface area (Å²) >= 11 is 4.21. The van der Waals surface area contributed by atoms with E-state index in [-0.39, 0.29) is 8.67 Å². The summed E-state index contributed by atoms with van der Waals surface area (Å²) < 4.78 is 5.12. The molecular weight excluding hydrogens is 136 g/mol. The molecule has 0 bridgehead atoms. The van der Waals surface area contributed by atoms with Crippen LogP contribution in [0.4, 0.5) is 0 Å². The molecule has 0 fully saturated rings. The van der Waals surface area contributed by atoms with Gasteiger partial charge < -0.3 is 4.74 Å². The Bertz CT molecular complexity index is 37.4. The van der Waals surface area contributed by atoms with E-state index < -0.39 is 0 Å². The monoisotopic (exact) mass is 150 g/mol. The van der Waals surface area contributed by atoms with Gasteiger partial charge >= 0.3 is 0 Å². The SMILES string of the molecule is CCOCCC[SiH2]S. The molecule has 0 saturated carbocycles. The van der Waals surface area contributed by atoms with Crippen LogP contribution in [0.1, 0.15) is 13.3 Å². The van der Waals surface area contributed by atoms with Crippen LogP contribution >= 0.6 is 12.1 Å². The van der Waals surface area contributed by atoms with Crippen LogP contribution in [0.15, 0.2) is 0 Å². The van der Waals surface area contributed by atoms with Crippen molar-refractivity contribution in [2.45, 2.75) is 19.4 Å². The molecule has 0 aliphatic rings. The van der Waals surface area contributed by atoms with E-state index >= 15 is 0 Å². The first-order valence-corrected chi connectivity index (χ1v) is 6.63. The molecule has 0 atom stereocenters. The van der Waals surface area contributed by atoms with Crippen LogP contribution in [-0.4, -0.2) is 21.9 Å². The van der Waals surface area contributed by atoms with Crippen molar-refractivity contribution in [3.05, 3.63) is 0 Å². The zero-order chi connectivity index (χ0) is 6.24. The molecule has 50 valence electrons. The van der Waals surface area contributed by atoms with Crippen molar-refractivity contribution in [2.75, 3.05) is 13.2 Å². The van der Waals surface area contributed by atoms with Gasteiger partial charge in [-0.2, -0.15) is 0 Å². The summed E-state index contributed by atoms with van der Waals surface area (Å²) in [4.78, 5) is 0. The highest BCUT2D eigenvalue weighted by Gasteiger charge is 1.83. The lowest BCUT2D eigenvalue weighted by atomic mass is 10.5. The van der Waals surface area contributed by atoms with Crippen molar-refractivity contribution in [3.8, 4) is 0 Å². The molecule has 0 aromatic carbocycles. The van der Waals surface area contributed by atoms with E-state index in [1.165, 1.54) is 12.5 Å². The second-order valence-electron chi connectivity index (χ2n) is 1.63. The van der Waals surface area contributed by atoms with Gasteiger partial charge in [-0.3, -0.25) is 0 Å². The van der Waals surface area contributed by atoms with E-state index in [4.69, 9.17) is 4.74 Å². The molecule has 0 unspecified atom stereocenters. The van der Waals surface area contributed by atoms with E-state index in [0.717, 1.165) is 13.2 Å². The third kappa shape index (κ3) is 6.53. The molecule has 3 heteroatoms. The fourth-order valence-corrected chi connectivity index (χ4v) is 1.56. The van der Waals surface area contributed by atoms with Crippen molar-refractivity contribution >= 4 is 20.7 Å². The van der Waals surface area contributed by atoms with Crippen molar-refractivity contribution in [3.63, 3.8) is 0 Å². The predicted molar refractivity (Wildman–Crippen MR) is 43.4 cm³/mol. The van der Waals surface area contributed by atoms with Crippen LogP contribution in [0, 0.1) is 0 Å². The van der Waals surface area contributed by atoms with E-state index in [2.05, 4.69) is 12.1 Å². The summed E-state index contributed by atoms with van der Waals surface area (Å²) in [5, 5.41) is 0. The van der Waals surface area contributed by atoms with E-state index in [1.54, 1.807) is 0 Å². The molecule has 0 aliphatic heterocycles. The third-order valence-electron chi connectivity index (χ3n) is 0.901. The molecule has 0 saturated heterocycles. The Hall–Kier alpha value is 0.527. The predicted octanol–water partition coefficient (Wildman–Crippen LogP) is 0.845. The fourth-order valence-electron chi connectivity index (χ4n) is 0.460. The van der Waals surface area contributed by atoms with Crippen molar-refractivity contribution in [1.82, 2.24) is 0 Å². The first kappa shape index (κ1) is 8.53. The molecule has 0 N–H and O–H groups in total. The molecule has 0 heterocycles. The lowest BCUT2D eigenvalue weighted by molar-refractivity contribution is 0.148. The summed E-state index contributed by atoms with van der Waals surface area (Å²) in [5.74, 6) is 0. The molecule has 0 aromatic heterocycles. The maximum absolute atomic E-state index is 5.12. The van der Waals surface area contributed by atoms with Gasteiger partial charge in [-0.15, -0.1) is 0 Å². The average molecular weight is 150 g/mol. The molecule has 0 aliphatic carbocycles. The molecule has 8 heavy (non-hydrogen) atoms. The molecule has 0 aromatic rings. The van der Waals surface area contributed by atoms with Crippen LogP contribution in [-0.2, 0) is 4.74 Å². The highest BCUT2D eigenvalue weighted by atomic mass is 32.3. The number of rotatable bonds is 5. The van der Waals surface area contributed by atoms with Crippen molar-refractivity contribution < 1.29 is 4.74 Å². The smallest absolute Gasteiger partial charge is 0.0814 e. The molecular formula is C5H14OSSi. The number of hydrogen-bond donors (Lipinski definition) is 1. The molecule has 1 nitrogen and oxygen atoms in total. The fraction of sp³-hybridized carbons (Fsp3) is 1.00. The molecule has 0 spiro atoms. The van der Waals surface area contributed by atoms with Gasteiger partial charge in [0, 0.05) is 13.2 Å². The van der Waals surface area contributed by atoms with Gasteiger partial charge in [0.2, 0.25) is 0 Å². The second kappa shape index (κ2) is 7.53. The Morgan fingerprint density at radius 1 is 1.62 bits per heavy atom. The summed E-state index contributed by atoms with van der Waals surface area (Å²) in [6, 6.07) is 1.31. The lowest BCUT2D eigenvalue weighted by Crippen LogP contribution is -1.93. The quantitative estimate of drug-likeness (QED) is 0.347. The summed E-state index contributed by atoms with van der Waals surface area (Å²) in [6.07, 6.45) is 1.21. The summed E-state index contributed by atoms with van der Waals surface area (Å²) in [7, 11) is 0.000464. The second-order valence-corrected chi connectivity index (χ2v) is 4.12. The average Bonchev–Trinajstić information content (AvgIpc) is 1.81. The van der Waals surface area contributed by atoms with E-state index in [0.29, 0.717) is 0 Å². The van der Waals surface area contributed by atoms with Gasteiger partial charge in [-0.1, -0.05) is 6.04 Å². The van der Waals surface area contributed by atoms with Crippen LogP contribution in [0.2, 0.25) is 6.04 Å². The van der Waals surface area contributed by atoms with Gasteiger partial charge in [-0.25, -0.2) is 12.1 Å². The molecule has 0 radical (unpaired) electrons. The first-order valence-electron chi connectivity index (χ1n) is 3.10. The van der Waals surface area contributed by atoms with Gasteiger partial charge in [0.15, 0.2) is 0 Å². The van der Waals surface area contributed by atoms with Gasteiger partial charge in [-0.05, 0) is 13.3 Å². The first-order chi connectivity index (χ1) is 3.91. The summed E-state index contributed by atoms with van der Waals surface area (Å²) in [5.41, 5.74) is 0. The standard InChI is InChI=1S/C5H14OSSi/c1-2-6-4-3-5-8-7/h7H,2-5,8H2,1H3. The van der Waals surface area contributed by atoms with Gasteiger partial charge in [0.05, 0.1) is 8.67 Å². The number of hydrogen-bond acceptors (Lipinski definition) is 2. The Kier molecular flexibility index (Phi) is 8.02. The maximum atomic E-state index is 5.12. The highest BCUT2D eigenvalue weighted by molar-refractivity contribution is 8.06. The van der Waals surface area contributed by atoms with Crippen LogP contribution in [0.25, 0.3) is 0 Å². The van der Waals surface area contributed by atoms with Crippen LogP contribution in [0.3, 0.4) is 0 Å². The van der Waals surface area contributed by atoms with Crippen molar-refractivity contribution in [1.29, 1.82) is 0 Å². The maximum Gasteiger partial charge on any atom is 0.0814 e. The number of ether oxygens (including phenoxy) is 1. The largest absolute Gasteiger partial charge is 0.382 e. The topological polar surface area (TPSA) is 9.23 Å². The van der Waals surface area contributed by atoms with E-state index in [1.807, 2.05) is 6.92 Å².